The summed E-state index contributed by atoms with van der Waals surface area (Å²) < 4.78 is 9.42. The minimum absolute atomic E-state index is 0.112. The minimum Gasteiger partial charge on any atom is -0.387 e. The topological polar surface area (TPSA) is 79.2 Å². The molecule has 0 unspecified atom stereocenters. The molecule has 1 aliphatic rings. The molecule has 0 aromatic heterocycles. The maximum atomic E-state index is 9.72. The van der Waals surface area contributed by atoms with Gasteiger partial charge < -0.3 is 24.2 Å². The summed E-state index contributed by atoms with van der Waals surface area (Å²) in [6.45, 7) is 2.70. The molecule has 0 aliphatic carbocycles. The van der Waals surface area contributed by atoms with E-state index in [4.69, 9.17) is 13.9 Å². The second-order valence-corrected chi connectivity index (χ2v) is 4.37. The van der Waals surface area contributed by atoms with Gasteiger partial charge in [-0.2, -0.15) is 0 Å². The first-order chi connectivity index (χ1) is 5.35. The van der Waals surface area contributed by atoms with E-state index in [1.807, 2.05) is 0 Å². The third-order valence-electron chi connectivity index (χ3n) is 1.97. The molecule has 3 N–H and O–H groups in total. The zero-order valence-electron chi connectivity index (χ0n) is 7.02. The van der Waals surface area contributed by atoms with Gasteiger partial charge in [0.05, 0.1) is 18.8 Å². The van der Waals surface area contributed by atoms with Crippen molar-refractivity contribution in [3.63, 3.8) is 0 Å². The van der Waals surface area contributed by atoms with Gasteiger partial charge in [0, 0.05) is 0 Å². The van der Waals surface area contributed by atoms with Crippen LogP contribution in [0.5, 0.6) is 0 Å². The molecule has 0 amide bonds. The fourth-order valence-corrected chi connectivity index (χ4v) is 1.48. The Morgan fingerprint density at radius 2 is 1.75 bits per heavy atom. The molecule has 0 bridgehead atoms. The summed E-state index contributed by atoms with van der Waals surface area (Å²) in [5.74, 6) is 0. The molecule has 0 radical (unpaired) electrons. The van der Waals surface area contributed by atoms with Crippen molar-refractivity contribution in [2.45, 2.75) is 25.0 Å². The van der Waals surface area contributed by atoms with Crippen LogP contribution in [0, 0.1) is 0 Å². The third-order valence-corrected chi connectivity index (χ3v) is 2.67. The van der Waals surface area contributed by atoms with Crippen molar-refractivity contribution in [3.8, 4) is 0 Å². The molecule has 5 nitrogen and oxygen atoms in total. The SMILES string of the molecule is CC(C)(O)C1(O)COP(O)OC1. The second-order valence-electron chi connectivity index (χ2n) is 3.38. The largest absolute Gasteiger partial charge is 0.387 e. The quantitative estimate of drug-likeness (QED) is 0.504. The van der Waals surface area contributed by atoms with E-state index < -0.39 is 19.8 Å². The van der Waals surface area contributed by atoms with Crippen LogP contribution < -0.4 is 0 Å². The molecule has 72 valence electrons. The van der Waals surface area contributed by atoms with Crippen LogP contribution in [0.3, 0.4) is 0 Å². The average Bonchev–Trinajstić information content (AvgIpc) is 1.93. The van der Waals surface area contributed by atoms with Crippen LogP contribution in [0.1, 0.15) is 13.8 Å². The lowest BCUT2D eigenvalue weighted by atomic mass is 9.87. The Kier molecular flexibility index (Phi) is 2.73. The van der Waals surface area contributed by atoms with Crippen LogP contribution in [0.25, 0.3) is 0 Å². The lowest BCUT2D eigenvalue weighted by Crippen LogP contribution is -2.57. The standard InChI is InChI=1S/C6H13O5P/c1-5(2,7)6(8)3-10-12(9)11-4-6/h7-9H,3-4H2,1-2H3. The van der Waals surface area contributed by atoms with E-state index in [0.717, 1.165) is 0 Å². The van der Waals surface area contributed by atoms with Crippen molar-refractivity contribution in [1.82, 2.24) is 0 Å². The van der Waals surface area contributed by atoms with Crippen molar-refractivity contribution in [3.05, 3.63) is 0 Å². The van der Waals surface area contributed by atoms with Crippen LogP contribution in [-0.2, 0) is 9.05 Å². The first-order valence-electron chi connectivity index (χ1n) is 3.55. The molecule has 6 heteroatoms. The van der Waals surface area contributed by atoms with Gasteiger partial charge >= 0.3 is 8.60 Å². The smallest absolute Gasteiger partial charge is 0.330 e. The zero-order valence-corrected chi connectivity index (χ0v) is 7.91. The van der Waals surface area contributed by atoms with Gasteiger partial charge in [0.1, 0.15) is 5.60 Å². The average molecular weight is 196 g/mol. The Morgan fingerprint density at radius 1 is 1.33 bits per heavy atom. The zero-order chi connectivity index (χ0) is 9.41. The Balaban J connectivity index is 2.62. The van der Waals surface area contributed by atoms with Crippen LogP contribution in [-0.4, -0.2) is 39.5 Å². The molecule has 0 atom stereocenters. The summed E-state index contributed by atoms with van der Waals surface area (Å²) in [7, 11) is -1.87. The van der Waals surface area contributed by atoms with Crippen LogP contribution in [0.2, 0.25) is 0 Å². The Labute approximate surface area is 71.9 Å². The lowest BCUT2D eigenvalue weighted by Gasteiger charge is -2.41. The van der Waals surface area contributed by atoms with Gasteiger partial charge in [0.15, 0.2) is 0 Å². The molecule has 1 rings (SSSR count). The predicted octanol–water partition coefficient (Wildman–Crippen LogP) is -0.246. The highest BCUT2D eigenvalue weighted by atomic mass is 31.2. The Bertz CT molecular complexity index is 158. The number of aliphatic hydroxyl groups is 2. The lowest BCUT2D eigenvalue weighted by molar-refractivity contribution is -0.181. The summed E-state index contributed by atoms with van der Waals surface area (Å²) in [6.07, 6.45) is 0. The molecule has 1 saturated heterocycles. The maximum Gasteiger partial charge on any atom is 0.330 e. The van der Waals surface area contributed by atoms with Crippen LogP contribution in [0.15, 0.2) is 0 Å². The van der Waals surface area contributed by atoms with E-state index in [9.17, 15) is 10.2 Å². The summed E-state index contributed by atoms with van der Waals surface area (Å²) in [4.78, 5) is 8.83. The highest BCUT2D eigenvalue weighted by Gasteiger charge is 2.46. The van der Waals surface area contributed by atoms with E-state index in [2.05, 4.69) is 0 Å². The van der Waals surface area contributed by atoms with Gasteiger partial charge in [-0.25, -0.2) is 0 Å². The Hall–Kier alpha value is 0.230. The molecule has 1 aliphatic heterocycles. The van der Waals surface area contributed by atoms with Crippen LogP contribution in [0.4, 0.5) is 0 Å². The summed E-state index contributed by atoms with van der Waals surface area (Å²) in [5, 5.41) is 19.2. The van der Waals surface area contributed by atoms with Crippen molar-refractivity contribution in [1.29, 1.82) is 0 Å². The van der Waals surface area contributed by atoms with Gasteiger partial charge in [-0.05, 0) is 13.8 Å². The molecule has 0 saturated carbocycles. The van der Waals surface area contributed by atoms with E-state index in [0.29, 0.717) is 0 Å². The first kappa shape index (κ1) is 10.3. The number of hydrogen-bond acceptors (Lipinski definition) is 5. The monoisotopic (exact) mass is 196 g/mol. The molecule has 0 aromatic rings. The minimum atomic E-state index is -1.87. The van der Waals surface area contributed by atoms with Crippen LogP contribution >= 0.6 is 8.60 Å². The van der Waals surface area contributed by atoms with Gasteiger partial charge in [-0.15, -0.1) is 0 Å². The summed E-state index contributed by atoms with van der Waals surface area (Å²) in [6, 6.07) is 0. The molecule has 1 fully saturated rings. The number of rotatable bonds is 1. The maximum absolute atomic E-state index is 9.72. The van der Waals surface area contributed by atoms with Crippen molar-refractivity contribution in [2.75, 3.05) is 13.2 Å². The highest BCUT2D eigenvalue weighted by molar-refractivity contribution is 7.40. The van der Waals surface area contributed by atoms with Gasteiger partial charge in [0.2, 0.25) is 0 Å². The predicted molar refractivity (Wildman–Crippen MR) is 42.3 cm³/mol. The molecule has 0 spiro atoms. The molecular formula is C6H13O5P. The fourth-order valence-electron chi connectivity index (χ4n) is 0.756. The van der Waals surface area contributed by atoms with Gasteiger partial charge in [-0.1, -0.05) is 0 Å². The molecular weight excluding hydrogens is 183 g/mol. The molecule has 1 heterocycles. The Morgan fingerprint density at radius 3 is 2.08 bits per heavy atom. The first-order valence-corrected chi connectivity index (χ1v) is 4.68. The van der Waals surface area contributed by atoms with Crippen molar-refractivity contribution >= 4 is 8.60 Å². The summed E-state index contributed by atoms with van der Waals surface area (Å²) >= 11 is 0. The van der Waals surface area contributed by atoms with E-state index in [1.54, 1.807) is 0 Å². The van der Waals surface area contributed by atoms with E-state index >= 15 is 0 Å². The summed E-state index contributed by atoms with van der Waals surface area (Å²) in [5.41, 5.74) is -2.74. The highest BCUT2D eigenvalue weighted by Crippen LogP contribution is 2.41. The second kappa shape index (κ2) is 3.18. The molecule has 12 heavy (non-hydrogen) atoms. The normalized spacial score (nSPS) is 38.2. The third kappa shape index (κ3) is 1.93. The van der Waals surface area contributed by atoms with Gasteiger partial charge in [0.25, 0.3) is 0 Å². The van der Waals surface area contributed by atoms with Gasteiger partial charge in [-0.3, -0.25) is 0 Å². The van der Waals surface area contributed by atoms with E-state index in [1.165, 1.54) is 13.8 Å². The van der Waals surface area contributed by atoms with Crippen molar-refractivity contribution < 1.29 is 24.2 Å². The van der Waals surface area contributed by atoms with E-state index in [-0.39, 0.29) is 13.2 Å². The molecule has 0 aromatic carbocycles. The number of hydrogen-bond donors (Lipinski definition) is 3. The van der Waals surface area contributed by atoms with Crippen molar-refractivity contribution in [2.24, 2.45) is 0 Å². The fraction of sp³-hybridized carbons (Fsp3) is 1.00.